The van der Waals surface area contributed by atoms with Crippen molar-refractivity contribution in [1.29, 1.82) is 0 Å². The van der Waals surface area contributed by atoms with E-state index in [-0.39, 0.29) is 0 Å². The van der Waals surface area contributed by atoms with Gasteiger partial charge in [0.2, 0.25) is 5.96 Å². The van der Waals surface area contributed by atoms with Crippen molar-refractivity contribution in [2.45, 2.75) is 45.6 Å². The van der Waals surface area contributed by atoms with Crippen molar-refractivity contribution in [3.63, 3.8) is 0 Å². The van der Waals surface area contributed by atoms with Crippen LogP contribution in [0, 0.1) is 13.8 Å². The Balaban J connectivity index is 2.18. The van der Waals surface area contributed by atoms with Gasteiger partial charge in [-0.1, -0.05) is 18.9 Å². The molecule has 1 aliphatic carbocycles. The van der Waals surface area contributed by atoms with E-state index in [4.69, 9.17) is 5.84 Å². The summed E-state index contributed by atoms with van der Waals surface area (Å²) in [6, 6.07) is 4.61. The Labute approximate surface area is 123 Å². The molecule has 104 valence electrons. The topological polar surface area (TPSA) is 62.4 Å². The van der Waals surface area contributed by atoms with Crippen molar-refractivity contribution in [3.05, 3.63) is 27.7 Å². The molecule has 0 bridgehead atoms. The lowest BCUT2D eigenvalue weighted by molar-refractivity contribution is 0.700. The van der Waals surface area contributed by atoms with Crippen molar-refractivity contribution in [3.8, 4) is 0 Å². The van der Waals surface area contributed by atoms with Crippen LogP contribution in [0.3, 0.4) is 0 Å². The third-order valence-electron chi connectivity index (χ3n) is 3.45. The number of nitrogens with zero attached hydrogens (tertiary/aromatic N) is 1. The Hall–Kier alpha value is -1.07. The number of aliphatic imine (C=N–C) groups is 1. The first kappa shape index (κ1) is 14.3. The van der Waals surface area contributed by atoms with Crippen LogP contribution in [0.5, 0.6) is 0 Å². The smallest absolute Gasteiger partial charge is 0.210 e. The predicted octanol–water partition coefficient (Wildman–Crippen LogP) is 3.24. The Morgan fingerprint density at radius 2 is 2.00 bits per heavy atom. The SMILES string of the molecule is Cc1cc(C)c(NC(=NC2CCCC2)NN)c(Br)c1. The molecule has 2 rings (SSSR count). The number of hydrogen-bond acceptors (Lipinski definition) is 2. The molecule has 1 aromatic rings. The Kier molecular flexibility index (Phi) is 4.82. The highest BCUT2D eigenvalue weighted by atomic mass is 79.9. The number of aryl methyl sites for hydroxylation is 2. The maximum atomic E-state index is 5.57. The molecule has 4 nitrogen and oxygen atoms in total. The molecule has 4 N–H and O–H groups in total. The lowest BCUT2D eigenvalue weighted by Crippen LogP contribution is -2.37. The maximum Gasteiger partial charge on any atom is 0.210 e. The summed E-state index contributed by atoms with van der Waals surface area (Å²) in [6.07, 6.45) is 4.83. The third-order valence-corrected chi connectivity index (χ3v) is 4.07. The first-order valence-electron chi connectivity index (χ1n) is 6.68. The summed E-state index contributed by atoms with van der Waals surface area (Å²) in [5.74, 6) is 6.21. The summed E-state index contributed by atoms with van der Waals surface area (Å²) in [5, 5.41) is 3.29. The molecule has 19 heavy (non-hydrogen) atoms. The van der Waals surface area contributed by atoms with Crippen LogP contribution >= 0.6 is 15.9 Å². The van der Waals surface area contributed by atoms with Crippen LogP contribution < -0.4 is 16.6 Å². The minimum absolute atomic E-state index is 0.392. The van der Waals surface area contributed by atoms with Gasteiger partial charge in [0.15, 0.2) is 0 Å². The minimum atomic E-state index is 0.392. The molecule has 0 heterocycles. The summed E-state index contributed by atoms with van der Waals surface area (Å²) < 4.78 is 1.03. The van der Waals surface area contributed by atoms with Crippen molar-refractivity contribution < 1.29 is 0 Å². The monoisotopic (exact) mass is 324 g/mol. The molecule has 0 atom stereocenters. The number of benzene rings is 1. The van der Waals surface area contributed by atoms with Gasteiger partial charge in [0, 0.05) is 4.47 Å². The normalized spacial score (nSPS) is 16.7. The standard InChI is InChI=1S/C14H21BrN4/c1-9-7-10(2)13(12(15)8-9)18-14(19-16)17-11-5-3-4-6-11/h7-8,11H,3-6,16H2,1-2H3,(H2,17,18,19). The molecule has 0 saturated heterocycles. The maximum absolute atomic E-state index is 5.57. The molecular formula is C14H21BrN4. The summed E-state index contributed by atoms with van der Waals surface area (Å²) >= 11 is 3.58. The van der Waals surface area contributed by atoms with Crippen LogP contribution in [-0.2, 0) is 0 Å². The molecule has 0 radical (unpaired) electrons. The van der Waals surface area contributed by atoms with Gasteiger partial charge in [-0.15, -0.1) is 0 Å². The number of hydrazine groups is 1. The quantitative estimate of drug-likeness (QED) is 0.339. The molecule has 5 heteroatoms. The molecule has 0 aliphatic heterocycles. The number of hydrogen-bond donors (Lipinski definition) is 3. The second-order valence-electron chi connectivity index (χ2n) is 5.12. The molecule has 1 aromatic carbocycles. The number of halogens is 1. The fourth-order valence-corrected chi connectivity index (χ4v) is 3.29. The van der Waals surface area contributed by atoms with Gasteiger partial charge in [0.1, 0.15) is 0 Å². The van der Waals surface area contributed by atoms with Crippen LogP contribution in [0.15, 0.2) is 21.6 Å². The average molecular weight is 325 g/mol. The molecule has 0 aromatic heterocycles. The number of anilines is 1. The fraction of sp³-hybridized carbons (Fsp3) is 0.500. The largest absolute Gasteiger partial charge is 0.324 e. The summed E-state index contributed by atoms with van der Waals surface area (Å²) in [7, 11) is 0. The number of nitrogens with two attached hydrogens (primary N) is 1. The zero-order chi connectivity index (χ0) is 13.8. The van der Waals surface area contributed by atoms with E-state index in [1.54, 1.807) is 0 Å². The lowest BCUT2D eigenvalue weighted by Gasteiger charge is -2.15. The second-order valence-corrected chi connectivity index (χ2v) is 5.98. The Morgan fingerprint density at radius 3 is 2.58 bits per heavy atom. The molecule has 0 spiro atoms. The first-order chi connectivity index (χ1) is 9.10. The highest BCUT2D eigenvalue weighted by molar-refractivity contribution is 9.10. The average Bonchev–Trinajstić information content (AvgIpc) is 2.84. The first-order valence-corrected chi connectivity index (χ1v) is 7.47. The number of nitrogens with one attached hydrogen (secondary N) is 2. The lowest BCUT2D eigenvalue weighted by atomic mass is 10.1. The van der Waals surface area contributed by atoms with Crippen LogP contribution in [-0.4, -0.2) is 12.0 Å². The van der Waals surface area contributed by atoms with Crippen molar-refractivity contribution >= 4 is 27.6 Å². The highest BCUT2D eigenvalue weighted by Crippen LogP contribution is 2.28. The fourth-order valence-electron chi connectivity index (χ4n) is 2.51. The van der Waals surface area contributed by atoms with E-state index in [0.29, 0.717) is 12.0 Å². The second kappa shape index (κ2) is 6.39. The molecular weight excluding hydrogens is 304 g/mol. The number of guanidine groups is 1. The van der Waals surface area contributed by atoms with E-state index in [0.717, 1.165) is 23.0 Å². The van der Waals surface area contributed by atoms with Crippen molar-refractivity contribution in [2.24, 2.45) is 10.8 Å². The summed E-state index contributed by atoms with van der Waals surface area (Å²) in [4.78, 5) is 4.64. The van der Waals surface area contributed by atoms with Gasteiger partial charge in [-0.05, 0) is 59.8 Å². The van der Waals surface area contributed by atoms with E-state index < -0.39 is 0 Å². The molecule has 1 aliphatic rings. The molecule has 1 fully saturated rings. The van der Waals surface area contributed by atoms with Crippen LogP contribution in [0.4, 0.5) is 5.69 Å². The van der Waals surface area contributed by atoms with Gasteiger partial charge in [-0.25, -0.2) is 10.8 Å². The van der Waals surface area contributed by atoms with E-state index in [1.807, 2.05) is 0 Å². The number of rotatable bonds is 2. The van der Waals surface area contributed by atoms with E-state index in [9.17, 15) is 0 Å². The van der Waals surface area contributed by atoms with E-state index >= 15 is 0 Å². The van der Waals surface area contributed by atoms with Gasteiger partial charge in [-0.2, -0.15) is 0 Å². The van der Waals surface area contributed by atoms with Gasteiger partial charge < -0.3 is 5.32 Å². The summed E-state index contributed by atoms with van der Waals surface area (Å²) in [6.45, 7) is 4.15. The highest BCUT2D eigenvalue weighted by Gasteiger charge is 2.15. The van der Waals surface area contributed by atoms with Gasteiger partial charge in [-0.3, -0.25) is 5.43 Å². The van der Waals surface area contributed by atoms with E-state index in [2.05, 4.69) is 57.6 Å². The van der Waals surface area contributed by atoms with Gasteiger partial charge >= 0.3 is 0 Å². The molecule has 0 unspecified atom stereocenters. The zero-order valence-corrected chi connectivity index (χ0v) is 13.0. The van der Waals surface area contributed by atoms with E-state index in [1.165, 1.54) is 24.0 Å². The molecule has 1 saturated carbocycles. The Bertz CT molecular complexity index is 455. The van der Waals surface area contributed by atoms with Crippen LogP contribution in [0.25, 0.3) is 0 Å². The summed E-state index contributed by atoms with van der Waals surface area (Å²) in [5.41, 5.74) is 6.07. The Morgan fingerprint density at radius 1 is 1.32 bits per heavy atom. The predicted molar refractivity (Wildman–Crippen MR) is 84.3 cm³/mol. The van der Waals surface area contributed by atoms with Crippen LogP contribution in [0.1, 0.15) is 36.8 Å². The van der Waals surface area contributed by atoms with Gasteiger partial charge in [0.25, 0.3) is 0 Å². The van der Waals surface area contributed by atoms with Crippen LogP contribution in [0.2, 0.25) is 0 Å². The third kappa shape index (κ3) is 3.70. The van der Waals surface area contributed by atoms with Crippen molar-refractivity contribution in [2.75, 3.05) is 5.32 Å². The zero-order valence-electron chi connectivity index (χ0n) is 11.5. The van der Waals surface area contributed by atoms with Crippen molar-refractivity contribution in [1.82, 2.24) is 5.43 Å². The molecule has 0 amide bonds. The van der Waals surface area contributed by atoms with Gasteiger partial charge in [0.05, 0.1) is 11.7 Å². The minimum Gasteiger partial charge on any atom is -0.324 e.